The van der Waals surface area contributed by atoms with Crippen molar-refractivity contribution in [1.29, 1.82) is 0 Å². The summed E-state index contributed by atoms with van der Waals surface area (Å²) in [5.41, 5.74) is 4.30. The molecule has 23 heavy (non-hydrogen) atoms. The van der Waals surface area contributed by atoms with Crippen LogP contribution in [0.4, 0.5) is 0 Å². The Morgan fingerprint density at radius 2 is 1.43 bits per heavy atom. The predicted molar refractivity (Wildman–Crippen MR) is 88.9 cm³/mol. The van der Waals surface area contributed by atoms with Crippen LogP contribution in [-0.4, -0.2) is 8.42 Å². The Balaban J connectivity index is 1.76. The summed E-state index contributed by atoms with van der Waals surface area (Å²) in [6.07, 6.45) is 0.686. The molecule has 0 amide bonds. The third-order valence-electron chi connectivity index (χ3n) is 4.04. The van der Waals surface area contributed by atoms with Gasteiger partial charge in [-0.3, -0.25) is 0 Å². The van der Waals surface area contributed by atoms with Crippen LogP contribution in [0, 0.1) is 0 Å². The summed E-state index contributed by atoms with van der Waals surface area (Å²) >= 11 is 0. The van der Waals surface area contributed by atoms with E-state index in [0.717, 1.165) is 16.7 Å². The molecule has 4 rings (SSSR count). The molecule has 3 aromatic carbocycles. The highest BCUT2D eigenvalue weighted by molar-refractivity contribution is 7.87. The molecule has 0 fully saturated rings. The summed E-state index contributed by atoms with van der Waals surface area (Å²) < 4.78 is 30.3. The third-order valence-corrected chi connectivity index (χ3v) is 5.29. The van der Waals surface area contributed by atoms with Crippen LogP contribution < -0.4 is 4.18 Å². The second-order valence-electron chi connectivity index (χ2n) is 5.47. The highest BCUT2D eigenvalue weighted by Gasteiger charge is 2.24. The van der Waals surface area contributed by atoms with Gasteiger partial charge in [-0.2, -0.15) is 8.42 Å². The molecule has 0 aliphatic heterocycles. The first-order valence-electron chi connectivity index (χ1n) is 7.35. The average Bonchev–Trinajstić information content (AvgIpc) is 2.95. The van der Waals surface area contributed by atoms with Crippen LogP contribution in [0.25, 0.3) is 11.1 Å². The fourth-order valence-corrected chi connectivity index (χ4v) is 3.94. The molecule has 0 bridgehead atoms. The highest BCUT2D eigenvalue weighted by Crippen LogP contribution is 2.41. The molecule has 3 aromatic rings. The van der Waals surface area contributed by atoms with E-state index in [1.807, 2.05) is 24.3 Å². The first-order valence-corrected chi connectivity index (χ1v) is 8.76. The minimum absolute atomic E-state index is 0.160. The van der Waals surface area contributed by atoms with Gasteiger partial charge in [0.1, 0.15) is 10.6 Å². The van der Waals surface area contributed by atoms with E-state index in [9.17, 15) is 8.42 Å². The van der Waals surface area contributed by atoms with E-state index < -0.39 is 10.1 Å². The van der Waals surface area contributed by atoms with Crippen LogP contribution >= 0.6 is 0 Å². The third kappa shape index (κ3) is 2.41. The summed E-state index contributed by atoms with van der Waals surface area (Å²) in [7, 11) is -3.82. The molecule has 0 aromatic heterocycles. The Kier molecular flexibility index (Phi) is 3.20. The number of rotatable bonds is 3. The summed E-state index contributed by atoms with van der Waals surface area (Å²) in [5, 5.41) is 0. The molecule has 0 radical (unpaired) electrons. The van der Waals surface area contributed by atoms with Gasteiger partial charge in [-0.15, -0.1) is 0 Å². The standard InChI is InChI=1S/C19H14O3S/c20-23(21,15-8-2-1-3-9-15)22-19-12-6-11-17-16-10-5-4-7-14(16)13-18(17)19/h1-12H,13H2. The SMILES string of the molecule is O=S(=O)(Oc1cccc2c1Cc1ccccc1-2)c1ccccc1. The maximum absolute atomic E-state index is 12.5. The Morgan fingerprint density at radius 1 is 0.739 bits per heavy atom. The van der Waals surface area contributed by atoms with Crippen molar-refractivity contribution >= 4 is 10.1 Å². The summed E-state index contributed by atoms with van der Waals surface area (Å²) in [6.45, 7) is 0. The van der Waals surface area contributed by atoms with Crippen molar-refractivity contribution in [2.75, 3.05) is 0 Å². The van der Waals surface area contributed by atoms with Crippen LogP contribution in [0.5, 0.6) is 5.75 Å². The lowest BCUT2D eigenvalue weighted by molar-refractivity contribution is 0.484. The van der Waals surface area contributed by atoms with Gasteiger partial charge in [-0.25, -0.2) is 0 Å². The van der Waals surface area contributed by atoms with E-state index in [1.54, 1.807) is 24.3 Å². The van der Waals surface area contributed by atoms with Gasteiger partial charge in [0.25, 0.3) is 0 Å². The van der Waals surface area contributed by atoms with E-state index in [2.05, 4.69) is 12.1 Å². The maximum Gasteiger partial charge on any atom is 0.339 e. The van der Waals surface area contributed by atoms with Crippen molar-refractivity contribution in [2.24, 2.45) is 0 Å². The average molecular weight is 322 g/mol. The normalized spacial score (nSPS) is 12.5. The lowest BCUT2D eigenvalue weighted by Crippen LogP contribution is -2.10. The van der Waals surface area contributed by atoms with Crippen molar-refractivity contribution < 1.29 is 12.6 Å². The van der Waals surface area contributed by atoms with Gasteiger partial charge < -0.3 is 4.18 Å². The van der Waals surface area contributed by atoms with Crippen LogP contribution in [0.3, 0.4) is 0 Å². The number of benzene rings is 3. The molecule has 0 atom stereocenters. The van der Waals surface area contributed by atoms with Gasteiger partial charge in [0.05, 0.1) is 0 Å². The zero-order valence-corrected chi connectivity index (χ0v) is 13.1. The molecule has 0 N–H and O–H groups in total. The van der Waals surface area contributed by atoms with Gasteiger partial charge in [0.2, 0.25) is 0 Å². The number of hydrogen-bond donors (Lipinski definition) is 0. The maximum atomic E-state index is 12.5. The summed E-state index contributed by atoms with van der Waals surface area (Å²) in [4.78, 5) is 0.160. The Bertz CT molecular complexity index is 977. The molecular weight excluding hydrogens is 308 g/mol. The van der Waals surface area contributed by atoms with Crippen molar-refractivity contribution in [3.63, 3.8) is 0 Å². The topological polar surface area (TPSA) is 43.4 Å². The van der Waals surface area contributed by atoms with E-state index in [-0.39, 0.29) is 4.90 Å². The Morgan fingerprint density at radius 3 is 2.26 bits per heavy atom. The molecule has 1 aliphatic rings. The molecule has 4 heteroatoms. The van der Waals surface area contributed by atoms with Crippen molar-refractivity contribution in [2.45, 2.75) is 11.3 Å². The first-order chi connectivity index (χ1) is 11.1. The lowest BCUT2D eigenvalue weighted by atomic mass is 10.1. The van der Waals surface area contributed by atoms with E-state index in [4.69, 9.17) is 4.18 Å². The molecule has 3 nitrogen and oxygen atoms in total. The minimum atomic E-state index is -3.82. The van der Waals surface area contributed by atoms with E-state index in [0.29, 0.717) is 12.2 Å². The first kappa shape index (κ1) is 14.0. The molecule has 0 saturated carbocycles. The molecule has 0 spiro atoms. The van der Waals surface area contributed by atoms with Gasteiger partial charge in [0, 0.05) is 12.0 Å². The van der Waals surface area contributed by atoms with Crippen LogP contribution in [0.15, 0.2) is 77.7 Å². The molecule has 0 saturated heterocycles. The quantitative estimate of drug-likeness (QED) is 0.535. The van der Waals surface area contributed by atoms with Gasteiger partial charge >= 0.3 is 10.1 Å². The van der Waals surface area contributed by atoms with Crippen LogP contribution in [0.2, 0.25) is 0 Å². The largest absolute Gasteiger partial charge is 0.379 e. The van der Waals surface area contributed by atoms with E-state index in [1.165, 1.54) is 17.7 Å². The second kappa shape index (κ2) is 5.25. The zero-order valence-electron chi connectivity index (χ0n) is 12.3. The number of fused-ring (bicyclic) bond motifs is 3. The van der Waals surface area contributed by atoms with Crippen molar-refractivity contribution in [3.8, 4) is 16.9 Å². The smallest absolute Gasteiger partial charge is 0.339 e. The van der Waals surface area contributed by atoms with Gasteiger partial charge in [-0.05, 0) is 34.9 Å². The second-order valence-corrected chi connectivity index (χ2v) is 7.01. The monoisotopic (exact) mass is 322 g/mol. The molecule has 0 unspecified atom stereocenters. The van der Waals surface area contributed by atoms with E-state index >= 15 is 0 Å². The Hall–Kier alpha value is -2.59. The fraction of sp³-hybridized carbons (Fsp3) is 0.0526. The van der Waals surface area contributed by atoms with Crippen molar-refractivity contribution in [3.05, 3.63) is 83.9 Å². The molecule has 114 valence electrons. The Labute approximate surface area is 135 Å². The summed E-state index contributed by atoms with van der Waals surface area (Å²) in [5.74, 6) is 0.405. The van der Waals surface area contributed by atoms with Crippen LogP contribution in [0.1, 0.15) is 11.1 Å². The summed E-state index contributed by atoms with van der Waals surface area (Å²) in [6, 6.07) is 21.8. The molecule has 0 heterocycles. The highest BCUT2D eigenvalue weighted by atomic mass is 32.2. The lowest BCUT2D eigenvalue weighted by Gasteiger charge is -2.11. The minimum Gasteiger partial charge on any atom is -0.379 e. The predicted octanol–water partition coefficient (Wildman–Crippen LogP) is 4.03. The molecule has 1 aliphatic carbocycles. The van der Waals surface area contributed by atoms with Gasteiger partial charge in [-0.1, -0.05) is 54.6 Å². The molecular formula is C19H14O3S. The van der Waals surface area contributed by atoms with Gasteiger partial charge in [0.15, 0.2) is 0 Å². The fourth-order valence-electron chi connectivity index (χ4n) is 2.96. The van der Waals surface area contributed by atoms with Crippen molar-refractivity contribution in [1.82, 2.24) is 0 Å². The van der Waals surface area contributed by atoms with Crippen LogP contribution in [-0.2, 0) is 16.5 Å². The number of hydrogen-bond acceptors (Lipinski definition) is 3. The zero-order chi connectivity index (χ0) is 15.9.